The van der Waals surface area contributed by atoms with Crippen LogP contribution in [0.3, 0.4) is 0 Å². The van der Waals surface area contributed by atoms with Crippen molar-refractivity contribution in [3.05, 3.63) is 83.4 Å². The van der Waals surface area contributed by atoms with Crippen LogP contribution in [0.2, 0.25) is 0 Å². The van der Waals surface area contributed by atoms with Crippen LogP contribution < -0.4 is 16.4 Å². The molecule has 0 radical (unpaired) electrons. The second-order valence-corrected chi connectivity index (χ2v) is 8.66. The molecule has 3 aromatic rings. The summed E-state index contributed by atoms with van der Waals surface area (Å²) in [6.45, 7) is -0.346. The van der Waals surface area contributed by atoms with Crippen molar-refractivity contribution in [2.75, 3.05) is 6.54 Å². The molecule has 2 aliphatic rings. The van der Waals surface area contributed by atoms with Crippen LogP contribution in [0.25, 0.3) is 10.8 Å². The molecule has 5 rings (SSSR count). The minimum absolute atomic E-state index is 0.0385. The number of nitrogens with zero attached hydrogens (tertiary/aromatic N) is 1. The standard InChI is InChI=1S/C26H24N4O4/c27-24(32)22(17-10-9-15-5-1-2-6-16(15)13-17)29-21(31)14-28-25(33)23-19-7-3-4-8-20(19)26(34)30(23)18-11-12-18/h1-10,13,18,22-23H,11-12,14H2,(H2,27,32)(H,28,33)(H,29,31). The predicted octanol–water partition coefficient (Wildman–Crippen LogP) is 1.96. The van der Waals surface area contributed by atoms with Gasteiger partial charge in [0, 0.05) is 11.6 Å². The number of hydrogen-bond acceptors (Lipinski definition) is 4. The molecule has 1 heterocycles. The number of rotatable bonds is 7. The molecule has 4 N–H and O–H groups in total. The minimum atomic E-state index is -1.04. The van der Waals surface area contributed by atoms with E-state index in [1.54, 1.807) is 41.3 Å². The zero-order valence-corrected chi connectivity index (χ0v) is 18.4. The lowest BCUT2D eigenvalue weighted by atomic mass is 10.0. The first-order valence-corrected chi connectivity index (χ1v) is 11.2. The molecule has 2 atom stereocenters. The Morgan fingerprint density at radius 1 is 0.971 bits per heavy atom. The van der Waals surface area contributed by atoms with Crippen molar-refractivity contribution >= 4 is 34.4 Å². The molecular formula is C26H24N4O4. The van der Waals surface area contributed by atoms with Gasteiger partial charge < -0.3 is 21.3 Å². The SMILES string of the molecule is NC(=O)C(NC(=O)CNC(=O)C1c2ccccc2C(=O)N1C1CC1)c1ccc2ccccc2c1. The summed E-state index contributed by atoms with van der Waals surface area (Å²) in [5.41, 5.74) is 7.27. The van der Waals surface area contributed by atoms with Crippen molar-refractivity contribution in [2.24, 2.45) is 5.73 Å². The van der Waals surface area contributed by atoms with Gasteiger partial charge in [0.1, 0.15) is 12.1 Å². The van der Waals surface area contributed by atoms with Crippen LogP contribution >= 0.6 is 0 Å². The summed E-state index contributed by atoms with van der Waals surface area (Å²) in [5.74, 6) is -1.85. The van der Waals surface area contributed by atoms with Crippen LogP contribution in [0.15, 0.2) is 66.7 Å². The maximum absolute atomic E-state index is 13.1. The molecule has 3 aromatic carbocycles. The van der Waals surface area contributed by atoms with Gasteiger partial charge >= 0.3 is 0 Å². The smallest absolute Gasteiger partial charge is 0.255 e. The highest BCUT2D eigenvalue weighted by molar-refractivity contribution is 6.05. The maximum Gasteiger partial charge on any atom is 0.255 e. The second kappa shape index (κ2) is 8.62. The Kier molecular flexibility index (Phi) is 5.49. The first kappa shape index (κ1) is 21.6. The number of hydrogen-bond donors (Lipinski definition) is 3. The lowest BCUT2D eigenvalue weighted by molar-refractivity contribution is -0.130. The molecule has 172 valence electrons. The Morgan fingerprint density at radius 2 is 1.68 bits per heavy atom. The van der Waals surface area contributed by atoms with Gasteiger partial charge in [0.05, 0.1) is 6.54 Å². The minimum Gasteiger partial charge on any atom is -0.368 e. The van der Waals surface area contributed by atoms with Crippen molar-refractivity contribution in [3.63, 3.8) is 0 Å². The number of primary amides is 1. The zero-order chi connectivity index (χ0) is 23.8. The fourth-order valence-corrected chi connectivity index (χ4v) is 4.52. The van der Waals surface area contributed by atoms with Gasteiger partial charge in [-0.2, -0.15) is 0 Å². The lowest BCUT2D eigenvalue weighted by Crippen LogP contribution is -2.46. The summed E-state index contributed by atoms with van der Waals surface area (Å²) < 4.78 is 0. The van der Waals surface area contributed by atoms with Gasteiger partial charge in [0.25, 0.3) is 5.91 Å². The highest BCUT2D eigenvalue weighted by Gasteiger charge is 2.47. The lowest BCUT2D eigenvalue weighted by Gasteiger charge is -2.24. The molecule has 1 aliphatic carbocycles. The van der Waals surface area contributed by atoms with E-state index in [1.807, 2.05) is 30.3 Å². The molecule has 1 saturated carbocycles. The van der Waals surface area contributed by atoms with E-state index in [9.17, 15) is 19.2 Å². The third-order valence-electron chi connectivity index (χ3n) is 6.31. The van der Waals surface area contributed by atoms with Crippen molar-refractivity contribution in [2.45, 2.75) is 31.0 Å². The van der Waals surface area contributed by atoms with Crippen molar-refractivity contribution < 1.29 is 19.2 Å². The fourth-order valence-electron chi connectivity index (χ4n) is 4.52. The van der Waals surface area contributed by atoms with E-state index in [4.69, 9.17) is 5.73 Å². The van der Waals surface area contributed by atoms with Gasteiger partial charge in [-0.3, -0.25) is 19.2 Å². The Hall–Kier alpha value is -4.20. The Balaban J connectivity index is 1.28. The number of nitrogens with two attached hydrogens (primary N) is 1. The highest BCUT2D eigenvalue weighted by Crippen LogP contribution is 2.41. The van der Waals surface area contributed by atoms with Crippen LogP contribution in [-0.4, -0.2) is 41.1 Å². The van der Waals surface area contributed by atoms with Crippen molar-refractivity contribution in [1.29, 1.82) is 0 Å². The van der Waals surface area contributed by atoms with Gasteiger partial charge in [-0.05, 0) is 46.9 Å². The van der Waals surface area contributed by atoms with Crippen molar-refractivity contribution in [1.82, 2.24) is 15.5 Å². The average Bonchev–Trinajstić information content (AvgIpc) is 3.64. The van der Waals surface area contributed by atoms with E-state index in [0.717, 1.165) is 23.6 Å². The second-order valence-electron chi connectivity index (χ2n) is 8.66. The molecule has 0 saturated heterocycles. The Labute approximate surface area is 196 Å². The molecule has 0 aromatic heterocycles. The van der Waals surface area contributed by atoms with Crippen LogP contribution in [-0.2, 0) is 14.4 Å². The monoisotopic (exact) mass is 456 g/mol. The normalized spacial score (nSPS) is 17.8. The number of nitrogens with one attached hydrogen (secondary N) is 2. The zero-order valence-electron chi connectivity index (χ0n) is 18.4. The van der Waals surface area contributed by atoms with Gasteiger partial charge in [0.2, 0.25) is 17.7 Å². The fraction of sp³-hybridized carbons (Fsp3) is 0.231. The number of fused-ring (bicyclic) bond motifs is 2. The van der Waals surface area contributed by atoms with E-state index in [-0.39, 0.29) is 18.5 Å². The van der Waals surface area contributed by atoms with E-state index >= 15 is 0 Å². The molecule has 8 heteroatoms. The number of carbonyl (C=O) groups excluding carboxylic acids is 4. The first-order chi connectivity index (χ1) is 16.4. The Morgan fingerprint density at radius 3 is 2.41 bits per heavy atom. The van der Waals surface area contributed by atoms with Gasteiger partial charge in [0.15, 0.2) is 0 Å². The molecular weight excluding hydrogens is 432 g/mol. The Bertz CT molecular complexity index is 1320. The number of carbonyl (C=O) groups is 4. The molecule has 4 amide bonds. The molecule has 34 heavy (non-hydrogen) atoms. The van der Waals surface area contributed by atoms with Crippen LogP contribution in [0.4, 0.5) is 0 Å². The average molecular weight is 457 g/mol. The number of benzene rings is 3. The summed E-state index contributed by atoms with van der Waals surface area (Å²) in [6, 6.07) is 18.3. The first-order valence-electron chi connectivity index (χ1n) is 11.2. The summed E-state index contributed by atoms with van der Waals surface area (Å²) >= 11 is 0. The van der Waals surface area contributed by atoms with E-state index in [2.05, 4.69) is 10.6 Å². The van der Waals surface area contributed by atoms with Crippen molar-refractivity contribution in [3.8, 4) is 0 Å². The third kappa shape index (κ3) is 3.98. The van der Waals surface area contributed by atoms with Crippen LogP contribution in [0.1, 0.15) is 46.4 Å². The predicted molar refractivity (Wildman–Crippen MR) is 125 cm³/mol. The highest BCUT2D eigenvalue weighted by atomic mass is 16.2. The van der Waals surface area contributed by atoms with Crippen LogP contribution in [0.5, 0.6) is 0 Å². The molecule has 0 bridgehead atoms. The molecule has 1 fully saturated rings. The summed E-state index contributed by atoms with van der Waals surface area (Å²) in [6.07, 6.45) is 1.71. The molecule has 8 nitrogen and oxygen atoms in total. The maximum atomic E-state index is 13.1. The molecule has 2 unspecified atom stereocenters. The van der Waals surface area contributed by atoms with E-state index < -0.39 is 29.8 Å². The van der Waals surface area contributed by atoms with Crippen LogP contribution in [0, 0.1) is 0 Å². The number of amides is 4. The summed E-state index contributed by atoms with van der Waals surface area (Å²) in [7, 11) is 0. The third-order valence-corrected chi connectivity index (χ3v) is 6.31. The summed E-state index contributed by atoms with van der Waals surface area (Å²) in [4.78, 5) is 52.2. The molecule has 1 aliphatic heterocycles. The summed E-state index contributed by atoms with van der Waals surface area (Å²) in [5, 5.41) is 7.15. The van der Waals surface area contributed by atoms with Gasteiger partial charge in [-0.25, -0.2) is 0 Å². The van der Waals surface area contributed by atoms with E-state index in [0.29, 0.717) is 16.7 Å². The quantitative estimate of drug-likeness (QED) is 0.503. The van der Waals surface area contributed by atoms with Gasteiger partial charge in [-0.15, -0.1) is 0 Å². The largest absolute Gasteiger partial charge is 0.368 e. The van der Waals surface area contributed by atoms with E-state index in [1.165, 1.54) is 0 Å². The molecule has 0 spiro atoms. The topological polar surface area (TPSA) is 122 Å². The van der Waals surface area contributed by atoms with Gasteiger partial charge in [-0.1, -0.05) is 54.6 Å².